The molecular weight excluding hydrogens is 264 g/mol. The predicted octanol–water partition coefficient (Wildman–Crippen LogP) is 1.17. The van der Waals surface area contributed by atoms with Crippen LogP contribution < -0.4 is 4.74 Å². The van der Waals surface area contributed by atoms with E-state index in [-0.39, 0.29) is 6.61 Å². The van der Waals surface area contributed by atoms with Crippen LogP contribution in [0.4, 0.5) is 0 Å². The van der Waals surface area contributed by atoms with Gasteiger partial charge in [-0.25, -0.2) is 0 Å². The summed E-state index contributed by atoms with van der Waals surface area (Å²) in [7, 11) is 5.98. The van der Waals surface area contributed by atoms with Crippen LogP contribution in [-0.4, -0.2) is 61.8 Å². The number of hydrogen-bond acceptors (Lipinski definition) is 4. The third-order valence-electron chi connectivity index (χ3n) is 3.96. The Bertz CT molecular complexity index is 531. The van der Waals surface area contributed by atoms with Crippen LogP contribution >= 0.6 is 0 Å². The Kier molecular flexibility index (Phi) is 5.63. The molecule has 4 nitrogen and oxygen atoms in total. The number of likely N-dealkylation sites (N-methyl/N-ethyl adjacent to an activating group) is 1. The molecule has 0 aromatic heterocycles. The molecule has 0 spiro atoms. The molecule has 1 aromatic rings. The number of hydrogen-bond donors (Lipinski definition) is 1. The largest absolute Gasteiger partial charge is 0.496 e. The van der Waals surface area contributed by atoms with Crippen molar-refractivity contribution in [3.63, 3.8) is 0 Å². The highest BCUT2D eigenvalue weighted by Crippen LogP contribution is 2.24. The van der Waals surface area contributed by atoms with E-state index in [4.69, 9.17) is 9.84 Å². The molecule has 1 aliphatic heterocycles. The van der Waals surface area contributed by atoms with Crippen LogP contribution in [0.2, 0.25) is 0 Å². The summed E-state index contributed by atoms with van der Waals surface area (Å²) >= 11 is 0. The second kappa shape index (κ2) is 7.46. The maximum Gasteiger partial charge on any atom is 0.123 e. The Morgan fingerprint density at radius 1 is 1.43 bits per heavy atom. The molecule has 1 fully saturated rings. The Morgan fingerprint density at radius 2 is 2.24 bits per heavy atom. The maximum absolute atomic E-state index is 8.80. The number of ether oxygens (including phenoxy) is 1. The molecule has 0 amide bonds. The number of benzene rings is 1. The van der Waals surface area contributed by atoms with E-state index in [1.165, 1.54) is 6.42 Å². The lowest BCUT2D eigenvalue weighted by atomic mass is 10.1. The van der Waals surface area contributed by atoms with E-state index in [1.807, 2.05) is 12.1 Å². The zero-order valence-electron chi connectivity index (χ0n) is 13.1. The molecule has 0 radical (unpaired) electrons. The second-order valence-corrected chi connectivity index (χ2v) is 5.63. The Balaban J connectivity index is 2.11. The first kappa shape index (κ1) is 15.8. The van der Waals surface area contributed by atoms with Gasteiger partial charge in [-0.1, -0.05) is 11.8 Å². The van der Waals surface area contributed by atoms with E-state index in [1.54, 1.807) is 7.11 Å². The van der Waals surface area contributed by atoms with Crippen molar-refractivity contribution in [3.05, 3.63) is 29.3 Å². The first-order chi connectivity index (χ1) is 10.1. The van der Waals surface area contributed by atoms with Crippen LogP contribution in [0.3, 0.4) is 0 Å². The van der Waals surface area contributed by atoms with Crippen molar-refractivity contribution in [2.24, 2.45) is 0 Å². The summed E-state index contributed by atoms with van der Waals surface area (Å²) in [6, 6.07) is 6.58. The van der Waals surface area contributed by atoms with E-state index in [2.05, 4.69) is 41.8 Å². The normalized spacial score (nSPS) is 18.6. The quantitative estimate of drug-likeness (QED) is 0.844. The molecule has 1 saturated heterocycles. The summed E-state index contributed by atoms with van der Waals surface area (Å²) in [6.45, 7) is 2.96. The number of rotatable bonds is 4. The first-order valence-corrected chi connectivity index (χ1v) is 7.29. The Morgan fingerprint density at radius 3 is 2.86 bits per heavy atom. The summed E-state index contributed by atoms with van der Waals surface area (Å²) in [4.78, 5) is 4.74. The fourth-order valence-electron chi connectivity index (χ4n) is 2.74. The van der Waals surface area contributed by atoms with Crippen molar-refractivity contribution in [2.45, 2.75) is 19.0 Å². The van der Waals surface area contributed by atoms with Gasteiger partial charge >= 0.3 is 0 Å². The molecule has 1 N–H and O–H groups in total. The van der Waals surface area contributed by atoms with Crippen molar-refractivity contribution in [1.82, 2.24) is 9.80 Å². The van der Waals surface area contributed by atoms with E-state index >= 15 is 0 Å². The predicted molar refractivity (Wildman–Crippen MR) is 84.3 cm³/mol. The molecule has 1 unspecified atom stereocenters. The van der Waals surface area contributed by atoms with Gasteiger partial charge in [0.1, 0.15) is 12.4 Å². The van der Waals surface area contributed by atoms with E-state index in [0.717, 1.165) is 36.5 Å². The average Bonchev–Trinajstić information content (AvgIpc) is 2.94. The van der Waals surface area contributed by atoms with Crippen LogP contribution in [0.5, 0.6) is 5.75 Å². The lowest BCUT2D eigenvalue weighted by molar-refractivity contribution is 0.262. The molecule has 1 atom stereocenters. The zero-order valence-corrected chi connectivity index (χ0v) is 13.1. The van der Waals surface area contributed by atoms with Gasteiger partial charge in [0.25, 0.3) is 0 Å². The molecule has 1 aliphatic rings. The Hall–Kier alpha value is -1.54. The van der Waals surface area contributed by atoms with E-state index < -0.39 is 0 Å². The van der Waals surface area contributed by atoms with Crippen molar-refractivity contribution >= 4 is 0 Å². The molecule has 0 bridgehead atoms. The standard InChI is InChI=1S/C17H24N2O2/c1-18(2)16-8-9-19(13-16)12-15-11-14(5-4-10-20)6-7-17(15)21-3/h6-7,11,16,20H,8-10,12-13H2,1-3H3. The summed E-state index contributed by atoms with van der Waals surface area (Å²) in [5, 5.41) is 8.80. The molecule has 114 valence electrons. The number of aliphatic hydroxyl groups excluding tert-OH is 1. The fraction of sp³-hybridized carbons (Fsp3) is 0.529. The van der Waals surface area contributed by atoms with Crippen LogP contribution in [0.1, 0.15) is 17.5 Å². The van der Waals surface area contributed by atoms with Crippen molar-refractivity contribution < 1.29 is 9.84 Å². The number of methoxy groups -OCH3 is 1. The maximum atomic E-state index is 8.80. The molecule has 1 aromatic carbocycles. The first-order valence-electron chi connectivity index (χ1n) is 7.29. The zero-order chi connectivity index (χ0) is 15.2. The smallest absolute Gasteiger partial charge is 0.123 e. The van der Waals surface area contributed by atoms with E-state index in [9.17, 15) is 0 Å². The van der Waals surface area contributed by atoms with Gasteiger partial charge in [-0.05, 0) is 38.7 Å². The minimum Gasteiger partial charge on any atom is -0.496 e. The van der Waals surface area contributed by atoms with Crippen molar-refractivity contribution in [1.29, 1.82) is 0 Å². The van der Waals surface area contributed by atoms with Crippen molar-refractivity contribution in [3.8, 4) is 17.6 Å². The SMILES string of the molecule is COc1ccc(C#CCO)cc1CN1CCC(N(C)C)C1. The minimum absolute atomic E-state index is 0.113. The molecule has 2 rings (SSSR count). The van der Waals surface area contributed by atoms with Gasteiger partial charge < -0.3 is 14.7 Å². The second-order valence-electron chi connectivity index (χ2n) is 5.63. The van der Waals surface area contributed by atoms with Gasteiger partial charge in [0.15, 0.2) is 0 Å². The van der Waals surface area contributed by atoms with Gasteiger partial charge in [0.05, 0.1) is 7.11 Å². The third kappa shape index (κ3) is 4.21. The monoisotopic (exact) mass is 288 g/mol. The van der Waals surface area contributed by atoms with Crippen LogP contribution in [0.25, 0.3) is 0 Å². The molecule has 0 aliphatic carbocycles. The highest BCUT2D eigenvalue weighted by Gasteiger charge is 2.24. The van der Waals surface area contributed by atoms with Gasteiger partial charge in [-0.2, -0.15) is 0 Å². The van der Waals surface area contributed by atoms with Gasteiger partial charge in [-0.15, -0.1) is 0 Å². The highest BCUT2D eigenvalue weighted by molar-refractivity contribution is 5.44. The number of nitrogens with zero attached hydrogens (tertiary/aromatic N) is 2. The molecule has 1 heterocycles. The van der Waals surface area contributed by atoms with Crippen LogP contribution in [0.15, 0.2) is 18.2 Å². The summed E-state index contributed by atoms with van der Waals surface area (Å²) in [5.41, 5.74) is 2.07. The summed E-state index contributed by atoms with van der Waals surface area (Å²) in [6.07, 6.45) is 1.21. The van der Waals surface area contributed by atoms with Crippen LogP contribution in [0, 0.1) is 11.8 Å². The third-order valence-corrected chi connectivity index (χ3v) is 3.96. The molecule has 0 saturated carbocycles. The summed E-state index contributed by atoms with van der Waals surface area (Å²) in [5.74, 6) is 6.55. The number of aliphatic hydroxyl groups is 1. The topological polar surface area (TPSA) is 35.9 Å². The van der Waals surface area contributed by atoms with Crippen LogP contribution in [-0.2, 0) is 6.54 Å². The Labute approximate surface area is 127 Å². The average molecular weight is 288 g/mol. The molecular formula is C17H24N2O2. The highest BCUT2D eigenvalue weighted by atomic mass is 16.5. The molecule has 21 heavy (non-hydrogen) atoms. The lowest BCUT2D eigenvalue weighted by Crippen LogP contribution is -2.31. The van der Waals surface area contributed by atoms with Gasteiger partial charge in [-0.3, -0.25) is 4.90 Å². The fourth-order valence-corrected chi connectivity index (χ4v) is 2.74. The lowest BCUT2D eigenvalue weighted by Gasteiger charge is -2.21. The minimum atomic E-state index is -0.113. The van der Waals surface area contributed by atoms with Gasteiger partial charge in [0, 0.05) is 36.8 Å². The van der Waals surface area contributed by atoms with E-state index in [0.29, 0.717) is 6.04 Å². The van der Waals surface area contributed by atoms with Crippen molar-refractivity contribution in [2.75, 3.05) is 40.9 Å². The number of likely N-dealkylation sites (tertiary alicyclic amines) is 1. The van der Waals surface area contributed by atoms with Gasteiger partial charge in [0.2, 0.25) is 0 Å². The molecule has 4 heteroatoms. The summed E-state index contributed by atoms with van der Waals surface area (Å²) < 4.78 is 5.45.